The van der Waals surface area contributed by atoms with E-state index in [-0.39, 0.29) is 40.2 Å². The van der Waals surface area contributed by atoms with Gasteiger partial charge in [-0.1, -0.05) is 27.7 Å². The lowest BCUT2D eigenvalue weighted by atomic mass is 9.81. The van der Waals surface area contributed by atoms with Crippen LogP contribution >= 0.6 is 11.3 Å². The Kier molecular flexibility index (Phi) is 9.26. The largest absolute Gasteiger partial charge is 0.477 e. The molecule has 0 radical (unpaired) electrons. The van der Waals surface area contributed by atoms with Crippen molar-refractivity contribution in [1.82, 2.24) is 9.88 Å². The zero-order chi connectivity index (χ0) is 30.0. The maximum absolute atomic E-state index is 14.2. The van der Waals surface area contributed by atoms with E-state index in [4.69, 9.17) is 4.74 Å². The molecule has 3 aliphatic rings. The van der Waals surface area contributed by atoms with Crippen LogP contribution in [0.15, 0.2) is 24.4 Å². The number of rotatable bonds is 8. The molecule has 0 bridgehead atoms. The summed E-state index contributed by atoms with van der Waals surface area (Å²) in [6, 6.07) is 5.74. The number of hydrogen-bond donors (Lipinski definition) is 1. The third kappa shape index (κ3) is 6.99. The van der Waals surface area contributed by atoms with E-state index in [0.717, 1.165) is 74.8 Å². The zero-order valence-corrected chi connectivity index (χ0v) is 26.3. The lowest BCUT2D eigenvalue weighted by Crippen LogP contribution is -2.47. The van der Waals surface area contributed by atoms with Gasteiger partial charge >= 0.3 is 5.97 Å². The highest BCUT2D eigenvalue weighted by atomic mass is 32.1. The topological polar surface area (TPSA) is 100 Å². The molecule has 2 aromatic heterocycles. The molecule has 0 spiro atoms. The maximum atomic E-state index is 14.2. The van der Waals surface area contributed by atoms with Gasteiger partial charge in [-0.05, 0) is 86.8 Å². The summed E-state index contributed by atoms with van der Waals surface area (Å²) in [6.45, 7) is 9.85. The third-order valence-electron chi connectivity index (χ3n) is 9.15. The van der Waals surface area contributed by atoms with Gasteiger partial charge in [0.25, 0.3) is 0 Å². The van der Waals surface area contributed by atoms with Crippen molar-refractivity contribution in [2.24, 2.45) is 11.8 Å². The molecule has 2 amide bonds. The molecule has 1 aliphatic heterocycles. The van der Waals surface area contributed by atoms with E-state index in [0.29, 0.717) is 30.5 Å². The van der Waals surface area contributed by atoms with Gasteiger partial charge in [0.1, 0.15) is 11.0 Å². The summed E-state index contributed by atoms with van der Waals surface area (Å²) in [5.74, 6) is 0.427. The van der Waals surface area contributed by atoms with Gasteiger partial charge in [0.05, 0.1) is 5.69 Å². The first-order chi connectivity index (χ1) is 20.0. The number of thiophene rings is 1. The number of aromatic nitrogens is 1. The van der Waals surface area contributed by atoms with E-state index in [9.17, 15) is 19.5 Å². The van der Waals surface area contributed by atoms with Crippen molar-refractivity contribution in [3.63, 3.8) is 0 Å². The summed E-state index contributed by atoms with van der Waals surface area (Å²) in [7, 11) is 0. The molecular formula is C33H45N3O5S. The van der Waals surface area contributed by atoms with Crippen LogP contribution in [0, 0.1) is 11.8 Å². The van der Waals surface area contributed by atoms with Crippen molar-refractivity contribution in [3.05, 3.63) is 39.7 Å². The summed E-state index contributed by atoms with van der Waals surface area (Å²) in [6.07, 6.45) is 10.0. The Morgan fingerprint density at radius 2 is 1.81 bits per heavy atom. The molecule has 0 aromatic carbocycles. The maximum Gasteiger partial charge on any atom is 0.348 e. The fourth-order valence-electron chi connectivity index (χ4n) is 6.58. The van der Waals surface area contributed by atoms with Crippen LogP contribution in [-0.4, -0.2) is 51.5 Å². The highest BCUT2D eigenvalue weighted by molar-refractivity contribution is 7.14. The molecule has 228 valence electrons. The second kappa shape index (κ2) is 12.7. The highest BCUT2D eigenvalue weighted by Gasteiger charge is 2.38. The van der Waals surface area contributed by atoms with E-state index >= 15 is 0 Å². The molecule has 1 N–H and O–H groups in total. The van der Waals surface area contributed by atoms with Gasteiger partial charge in [-0.25, -0.2) is 9.78 Å². The van der Waals surface area contributed by atoms with Gasteiger partial charge in [-0.3, -0.25) is 9.59 Å². The molecule has 8 nitrogen and oxygen atoms in total. The number of likely N-dealkylation sites (tertiary alicyclic amines) is 1. The minimum absolute atomic E-state index is 0.0311. The summed E-state index contributed by atoms with van der Waals surface area (Å²) in [5, 5.41) is 10.2. The first-order valence-electron chi connectivity index (χ1n) is 15.6. The van der Waals surface area contributed by atoms with Gasteiger partial charge in [-0.15, -0.1) is 11.3 Å². The predicted octanol–water partition coefficient (Wildman–Crippen LogP) is 6.81. The van der Waals surface area contributed by atoms with Crippen LogP contribution < -0.4 is 9.64 Å². The highest BCUT2D eigenvalue weighted by Crippen LogP contribution is 2.42. The zero-order valence-electron chi connectivity index (χ0n) is 25.4. The van der Waals surface area contributed by atoms with Crippen LogP contribution in [0.2, 0.25) is 0 Å². The number of nitrogens with zero attached hydrogens (tertiary/aromatic N) is 3. The van der Waals surface area contributed by atoms with E-state index < -0.39 is 5.97 Å². The number of carbonyl (C=O) groups is 3. The number of aromatic carboxylic acids is 1. The molecule has 2 aromatic rings. The average molecular weight is 596 g/mol. The lowest BCUT2D eigenvalue weighted by Gasteiger charge is -2.39. The van der Waals surface area contributed by atoms with Crippen LogP contribution in [0.4, 0.5) is 5.69 Å². The molecule has 9 heteroatoms. The molecular weight excluding hydrogens is 550 g/mol. The van der Waals surface area contributed by atoms with Crippen molar-refractivity contribution >= 4 is 34.8 Å². The van der Waals surface area contributed by atoms with Crippen molar-refractivity contribution in [1.29, 1.82) is 0 Å². The molecule has 0 atom stereocenters. The van der Waals surface area contributed by atoms with Crippen molar-refractivity contribution in [2.75, 3.05) is 11.4 Å². The Morgan fingerprint density at radius 3 is 2.43 bits per heavy atom. The molecule has 3 fully saturated rings. The van der Waals surface area contributed by atoms with Crippen LogP contribution in [0.3, 0.4) is 0 Å². The summed E-state index contributed by atoms with van der Waals surface area (Å²) in [5.41, 5.74) is 1.36. The summed E-state index contributed by atoms with van der Waals surface area (Å²) in [4.78, 5) is 48.1. The van der Waals surface area contributed by atoms with Crippen LogP contribution in [0.25, 0.3) is 0 Å². The number of ether oxygens (including phenoxy) is 1. The molecule has 1 saturated heterocycles. The van der Waals surface area contributed by atoms with Gasteiger partial charge < -0.3 is 19.6 Å². The SMILES string of the molecule is CC(C)(C)c1cc(N(C(=O)[C@H]2CC[C@H](C)CC2)[C@H]2CC[C@H](Oc3cc(CN4CCCC4=O)ccn3)CC2)c(C(=O)O)s1. The number of carboxylic acids is 1. The second-order valence-electron chi connectivity index (χ2n) is 13.5. The number of pyridine rings is 1. The smallest absolute Gasteiger partial charge is 0.348 e. The standard InChI is InChI=1S/C33H45N3O5S/c1-21-7-9-23(10-8-21)31(38)36(26-19-27(33(2,3)4)42-30(26)32(39)40)24-11-13-25(14-12-24)41-28-18-22(15-16-34-28)20-35-17-5-6-29(35)37/h15-16,18-19,21,23-25H,5-14,17,20H2,1-4H3,(H,39,40)/t21-,23-,24-,25-. The summed E-state index contributed by atoms with van der Waals surface area (Å²) >= 11 is 1.30. The Labute approximate surface area is 253 Å². The molecule has 2 aliphatic carbocycles. The van der Waals surface area contributed by atoms with Crippen molar-refractivity contribution in [2.45, 2.75) is 116 Å². The Morgan fingerprint density at radius 1 is 1.10 bits per heavy atom. The third-order valence-corrected chi connectivity index (χ3v) is 10.7. The summed E-state index contributed by atoms with van der Waals surface area (Å²) < 4.78 is 6.31. The van der Waals surface area contributed by atoms with Gasteiger partial charge in [0, 0.05) is 48.6 Å². The Balaban J connectivity index is 1.32. The molecule has 3 heterocycles. The first-order valence-corrected chi connectivity index (χ1v) is 16.4. The van der Waals surface area contributed by atoms with Crippen LogP contribution in [0.5, 0.6) is 5.88 Å². The average Bonchev–Trinajstić information content (AvgIpc) is 3.57. The predicted molar refractivity (Wildman–Crippen MR) is 164 cm³/mol. The molecule has 0 unspecified atom stereocenters. The second-order valence-corrected chi connectivity index (χ2v) is 14.6. The van der Waals surface area contributed by atoms with Crippen molar-refractivity contribution in [3.8, 4) is 5.88 Å². The van der Waals surface area contributed by atoms with Crippen LogP contribution in [0.1, 0.15) is 112 Å². The normalized spacial score (nSPS) is 25.0. The minimum atomic E-state index is -0.973. The molecule has 2 saturated carbocycles. The number of anilines is 1. The van der Waals surface area contributed by atoms with E-state index in [1.165, 1.54) is 11.3 Å². The number of carbonyl (C=O) groups excluding carboxylic acids is 2. The van der Waals surface area contributed by atoms with Crippen molar-refractivity contribution < 1.29 is 24.2 Å². The first kappa shape index (κ1) is 30.5. The van der Waals surface area contributed by atoms with Gasteiger partial charge in [0.15, 0.2) is 0 Å². The monoisotopic (exact) mass is 595 g/mol. The van der Waals surface area contributed by atoms with E-state index in [1.807, 2.05) is 28.0 Å². The fraction of sp³-hybridized carbons (Fsp3) is 0.636. The molecule has 5 rings (SSSR count). The number of hydrogen-bond acceptors (Lipinski definition) is 6. The quantitative estimate of drug-likeness (QED) is 0.360. The molecule has 42 heavy (non-hydrogen) atoms. The number of carboxylic acid groups (broad SMARTS) is 1. The minimum Gasteiger partial charge on any atom is -0.477 e. The number of amides is 2. The Hall–Kier alpha value is -2.94. The van der Waals surface area contributed by atoms with Gasteiger partial charge in [-0.2, -0.15) is 0 Å². The van der Waals surface area contributed by atoms with Crippen LogP contribution in [-0.2, 0) is 21.5 Å². The van der Waals surface area contributed by atoms with E-state index in [1.54, 1.807) is 6.20 Å². The lowest BCUT2D eigenvalue weighted by molar-refractivity contribution is -0.128. The van der Waals surface area contributed by atoms with Gasteiger partial charge in [0.2, 0.25) is 17.7 Å². The van der Waals surface area contributed by atoms with E-state index in [2.05, 4.69) is 32.7 Å². The fourth-order valence-corrected chi connectivity index (χ4v) is 7.62. The Bertz CT molecular complexity index is 1280.